The number of ketones is 1. The quantitative estimate of drug-likeness (QED) is 0.773. The van der Waals surface area contributed by atoms with Crippen molar-refractivity contribution in [1.82, 2.24) is 9.78 Å². The minimum absolute atomic E-state index is 0.0382. The van der Waals surface area contributed by atoms with Crippen molar-refractivity contribution in [3.05, 3.63) is 22.6 Å². The maximum absolute atomic E-state index is 11.9. The smallest absolute Gasteiger partial charge is 0.269 e. The van der Waals surface area contributed by atoms with E-state index in [4.69, 9.17) is 4.74 Å². The SMILES string of the molecule is CCCC(=O)Cn1ncc(N2CCOCC2)cc1=O. The van der Waals surface area contributed by atoms with Crippen LogP contribution in [-0.4, -0.2) is 41.9 Å². The lowest BCUT2D eigenvalue weighted by Crippen LogP contribution is -2.37. The number of hydrogen-bond acceptors (Lipinski definition) is 5. The molecule has 2 heterocycles. The molecule has 1 aromatic heterocycles. The minimum atomic E-state index is -0.228. The largest absolute Gasteiger partial charge is 0.378 e. The summed E-state index contributed by atoms with van der Waals surface area (Å²) in [6.45, 7) is 4.86. The summed E-state index contributed by atoms with van der Waals surface area (Å²) in [4.78, 5) is 25.5. The van der Waals surface area contributed by atoms with Crippen LogP contribution in [0, 0.1) is 0 Å². The molecule has 1 saturated heterocycles. The zero-order valence-electron chi connectivity index (χ0n) is 11.2. The third kappa shape index (κ3) is 3.64. The summed E-state index contributed by atoms with van der Waals surface area (Å²) in [7, 11) is 0. The maximum atomic E-state index is 11.9. The third-order valence-electron chi connectivity index (χ3n) is 3.09. The Hall–Kier alpha value is -1.69. The van der Waals surface area contributed by atoms with E-state index < -0.39 is 0 Å². The van der Waals surface area contributed by atoms with Crippen LogP contribution in [0.15, 0.2) is 17.1 Å². The first kappa shape index (κ1) is 13.7. The highest BCUT2D eigenvalue weighted by atomic mass is 16.5. The fraction of sp³-hybridized carbons (Fsp3) is 0.615. The second-order valence-corrected chi connectivity index (χ2v) is 4.60. The monoisotopic (exact) mass is 265 g/mol. The number of aromatic nitrogens is 2. The lowest BCUT2D eigenvalue weighted by molar-refractivity contribution is -0.119. The summed E-state index contributed by atoms with van der Waals surface area (Å²) in [5.41, 5.74) is 0.570. The number of carbonyl (C=O) groups is 1. The summed E-state index contributed by atoms with van der Waals surface area (Å²) < 4.78 is 6.49. The Morgan fingerprint density at radius 2 is 2.16 bits per heavy atom. The average molecular weight is 265 g/mol. The molecule has 104 valence electrons. The van der Waals surface area contributed by atoms with Crippen LogP contribution in [0.3, 0.4) is 0 Å². The molecule has 0 amide bonds. The summed E-state index contributed by atoms with van der Waals surface area (Å²) >= 11 is 0. The molecule has 0 radical (unpaired) electrons. The number of morpholine rings is 1. The van der Waals surface area contributed by atoms with E-state index in [-0.39, 0.29) is 17.9 Å². The van der Waals surface area contributed by atoms with E-state index in [9.17, 15) is 9.59 Å². The summed E-state index contributed by atoms with van der Waals surface area (Å²) in [6, 6.07) is 1.54. The van der Waals surface area contributed by atoms with E-state index in [2.05, 4.69) is 10.00 Å². The summed E-state index contributed by atoms with van der Waals surface area (Å²) in [5.74, 6) is 0.0382. The van der Waals surface area contributed by atoms with Crippen molar-refractivity contribution in [2.75, 3.05) is 31.2 Å². The molecule has 0 unspecified atom stereocenters. The Balaban J connectivity index is 2.08. The van der Waals surface area contributed by atoms with Crippen LogP contribution in [0.1, 0.15) is 19.8 Å². The van der Waals surface area contributed by atoms with Gasteiger partial charge in [-0.05, 0) is 6.42 Å². The molecule has 2 rings (SSSR count). The fourth-order valence-corrected chi connectivity index (χ4v) is 2.06. The number of hydrogen-bond donors (Lipinski definition) is 0. The van der Waals surface area contributed by atoms with Crippen molar-refractivity contribution in [3.8, 4) is 0 Å². The zero-order chi connectivity index (χ0) is 13.7. The molecule has 0 atom stereocenters. The molecule has 1 aromatic rings. The molecule has 6 nitrogen and oxygen atoms in total. The van der Waals surface area contributed by atoms with Crippen LogP contribution in [0.2, 0.25) is 0 Å². The Morgan fingerprint density at radius 3 is 2.79 bits per heavy atom. The molecule has 0 N–H and O–H groups in total. The molecular formula is C13H19N3O3. The Kier molecular flexibility index (Phi) is 4.68. The maximum Gasteiger partial charge on any atom is 0.269 e. The molecule has 1 aliphatic heterocycles. The van der Waals surface area contributed by atoms with Crippen molar-refractivity contribution >= 4 is 11.5 Å². The first-order chi connectivity index (χ1) is 9.20. The van der Waals surface area contributed by atoms with Crippen molar-refractivity contribution in [2.24, 2.45) is 0 Å². The van der Waals surface area contributed by atoms with Gasteiger partial charge in [0.25, 0.3) is 5.56 Å². The van der Waals surface area contributed by atoms with Gasteiger partial charge in [-0.15, -0.1) is 0 Å². The van der Waals surface area contributed by atoms with Crippen LogP contribution in [0.5, 0.6) is 0 Å². The van der Waals surface area contributed by atoms with Crippen LogP contribution >= 0.6 is 0 Å². The minimum Gasteiger partial charge on any atom is -0.378 e. The Labute approximate surface area is 112 Å². The second-order valence-electron chi connectivity index (χ2n) is 4.60. The second kappa shape index (κ2) is 6.47. The standard InChI is InChI=1S/C13H19N3O3/c1-2-3-12(17)10-16-13(18)8-11(9-14-16)15-4-6-19-7-5-15/h8-9H,2-7,10H2,1H3. The highest BCUT2D eigenvalue weighted by Gasteiger charge is 2.13. The molecular weight excluding hydrogens is 246 g/mol. The fourth-order valence-electron chi connectivity index (χ4n) is 2.06. The molecule has 0 aliphatic carbocycles. The first-order valence-electron chi connectivity index (χ1n) is 6.62. The summed E-state index contributed by atoms with van der Waals surface area (Å²) in [5, 5.41) is 4.08. The van der Waals surface area contributed by atoms with E-state index in [1.807, 2.05) is 6.92 Å². The molecule has 0 bridgehead atoms. The normalized spacial score (nSPS) is 15.5. The van der Waals surface area contributed by atoms with E-state index in [1.54, 1.807) is 6.20 Å². The van der Waals surface area contributed by atoms with Gasteiger partial charge in [0.05, 0.1) is 25.1 Å². The molecule has 0 aromatic carbocycles. The number of ether oxygens (including phenoxy) is 1. The van der Waals surface area contributed by atoms with Gasteiger partial charge in [-0.3, -0.25) is 9.59 Å². The summed E-state index contributed by atoms with van der Waals surface area (Å²) in [6.07, 6.45) is 2.92. The highest BCUT2D eigenvalue weighted by Crippen LogP contribution is 2.11. The van der Waals surface area contributed by atoms with Crippen molar-refractivity contribution in [2.45, 2.75) is 26.3 Å². The van der Waals surface area contributed by atoms with E-state index in [0.29, 0.717) is 19.6 Å². The number of carbonyl (C=O) groups excluding carboxylic acids is 1. The number of nitrogens with zero attached hydrogens (tertiary/aromatic N) is 3. The third-order valence-corrected chi connectivity index (χ3v) is 3.09. The molecule has 0 saturated carbocycles. The van der Waals surface area contributed by atoms with Crippen molar-refractivity contribution < 1.29 is 9.53 Å². The molecule has 1 aliphatic rings. The predicted molar refractivity (Wildman–Crippen MR) is 71.4 cm³/mol. The lowest BCUT2D eigenvalue weighted by atomic mass is 10.2. The Morgan fingerprint density at radius 1 is 1.42 bits per heavy atom. The van der Waals surface area contributed by atoms with Gasteiger partial charge in [0.1, 0.15) is 6.54 Å². The molecule has 1 fully saturated rings. The number of Topliss-reactive ketones (excluding diaryl/α,β-unsaturated/α-hetero) is 1. The van der Waals surface area contributed by atoms with Crippen LogP contribution in [0.25, 0.3) is 0 Å². The van der Waals surface area contributed by atoms with E-state index in [0.717, 1.165) is 25.2 Å². The zero-order valence-corrected chi connectivity index (χ0v) is 11.2. The van der Waals surface area contributed by atoms with E-state index >= 15 is 0 Å². The van der Waals surface area contributed by atoms with Gasteiger partial charge >= 0.3 is 0 Å². The highest BCUT2D eigenvalue weighted by molar-refractivity contribution is 5.77. The van der Waals surface area contributed by atoms with Gasteiger partial charge in [0.2, 0.25) is 0 Å². The first-order valence-corrected chi connectivity index (χ1v) is 6.62. The van der Waals surface area contributed by atoms with Gasteiger partial charge < -0.3 is 9.64 Å². The van der Waals surface area contributed by atoms with Crippen LogP contribution in [0.4, 0.5) is 5.69 Å². The number of anilines is 1. The van der Waals surface area contributed by atoms with Crippen molar-refractivity contribution in [1.29, 1.82) is 0 Å². The van der Waals surface area contributed by atoms with Crippen LogP contribution in [-0.2, 0) is 16.1 Å². The number of rotatable bonds is 5. The van der Waals surface area contributed by atoms with Gasteiger partial charge in [-0.25, -0.2) is 4.68 Å². The lowest BCUT2D eigenvalue weighted by Gasteiger charge is -2.28. The van der Waals surface area contributed by atoms with Gasteiger partial charge in [0, 0.05) is 25.6 Å². The molecule has 6 heteroatoms. The average Bonchev–Trinajstić information content (AvgIpc) is 2.42. The Bertz CT molecular complexity index is 492. The topological polar surface area (TPSA) is 64.4 Å². The molecule has 19 heavy (non-hydrogen) atoms. The molecule has 0 spiro atoms. The van der Waals surface area contributed by atoms with Crippen molar-refractivity contribution in [3.63, 3.8) is 0 Å². The van der Waals surface area contributed by atoms with Gasteiger partial charge in [-0.2, -0.15) is 5.10 Å². The van der Waals surface area contributed by atoms with Gasteiger partial charge in [0.15, 0.2) is 5.78 Å². The van der Waals surface area contributed by atoms with Gasteiger partial charge in [-0.1, -0.05) is 6.92 Å². The van der Waals surface area contributed by atoms with Crippen LogP contribution < -0.4 is 10.5 Å². The predicted octanol–water partition coefficient (Wildman–Crippen LogP) is 0.449. The van der Waals surface area contributed by atoms with E-state index in [1.165, 1.54) is 10.7 Å².